The van der Waals surface area contributed by atoms with Gasteiger partial charge in [0.05, 0.1) is 11.0 Å². The number of rotatable bonds is 1. The number of phenols is 1. The quantitative estimate of drug-likeness (QED) is 0.695. The average molecular weight is 259 g/mol. The second-order valence-electron chi connectivity index (χ2n) is 4.25. The molecule has 2 aromatic carbocycles. The lowest BCUT2D eigenvalue weighted by Crippen LogP contribution is -1.82. The number of hydrogen-bond acceptors (Lipinski definition) is 2. The van der Waals surface area contributed by atoms with Crippen molar-refractivity contribution in [1.29, 1.82) is 0 Å². The molecule has 0 radical (unpaired) electrons. The van der Waals surface area contributed by atoms with Crippen molar-refractivity contribution in [2.45, 2.75) is 6.92 Å². The molecule has 3 rings (SSSR count). The summed E-state index contributed by atoms with van der Waals surface area (Å²) in [7, 11) is 0. The highest BCUT2D eigenvalue weighted by atomic mass is 35.5. The number of H-pyrrole nitrogens is 1. The molecule has 0 amide bonds. The number of aromatic nitrogens is 2. The van der Waals surface area contributed by atoms with E-state index in [2.05, 4.69) is 9.97 Å². The molecule has 1 aromatic heterocycles. The van der Waals surface area contributed by atoms with Crippen LogP contribution in [0.5, 0.6) is 5.75 Å². The minimum Gasteiger partial charge on any atom is -0.508 e. The molecule has 0 bridgehead atoms. The van der Waals surface area contributed by atoms with Gasteiger partial charge >= 0.3 is 0 Å². The standard InChI is InChI=1S/C14H11ClN2O/c1-8-6-9(2-5-13(8)18)14-16-11-4-3-10(15)7-12(11)17-14/h2-7,18H,1H3,(H,16,17). The lowest BCUT2D eigenvalue weighted by Gasteiger charge is -2.00. The number of aromatic hydroxyl groups is 1. The Kier molecular flexibility index (Phi) is 2.49. The third kappa shape index (κ3) is 1.83. The van der Waals surface area contributed by atoms with Gasteiger partial charge in [-0.25, -0.2) is 4.98 Å². The number of nitrogens with zero attached hydrogens (tertiary/aromatic N) is 1. The molecule has 0 aliphatic carbocycles. The number of imidazole rings is 1. The number of hydrogen-bond donors (Lipinski definition) is 2. The van der Waals surface area contributed by atoms with Crippen molar-refractivity contribution < 1.29 is 5.11 Å². The van der Waals surface area contributed by atoms with Crippen molar-refractivity contribution in [1.82, 2.24) is 9.97 Å². The Morgan fingerprint density at radius 1 is 1.17 bits per heavy atom. The molecule has 4 heteroatoms. The molecule has 0 fully saturated rings. The highest BCUT2D eigenvalue weighted by Gasteiger charge is 2.07. The van der Waals surface area contributed by atoms with E-state index in [9.17, 15) is 5.11 Å². The molecule has 2 N–H and O–H groups in total. The van der Waals surface area contributed by atoms with Gasteiger partial charge in [-0.05, 0) is 48.9 Å². The van der Waals surface area contributed by atoms with Crippen molar-refractivity contribution in [2.75, 3.05) is 0 Å². The smallest absolute Gasteiger partial charge is 0.138 e. The first-order chi connectivity index (χ1) is 8.63. The minimum absolute atomic E-state index is 0.290. The van der Waals surface area contributed by atoms with Gasteiger partial charge in [-0.3, -0.25) is 0 Å². The predicted molar refractivity (Wildman–Crippen MR) is 72.9 cm³/mol. The van der Waals surface area contributed by atoms with Crippen molar-refractivity contribution >= 4 is 22.6 Å². The molecular formula is C14H11ClN2O. The van der Waals surface area contributed by atoms with E-state index in [1.54, 1.807) is 6.07 Å². The summed E-state index contributed by atoms with van der Waals surface area (Å²) in [5, 5.41) is 10.2. The Balaban J connectivity index is 2.16. The zero-order valence-electron chi connectivity index (χ0n) is 9.74. The number of phenolic OH excluding ortho intramolecular Hbond substituents is 1. The minimum atomic E-state index is 0.290. The van der Waals surface area contributed by atoms with Gasteiger partial charge in [0.2, 0.25) is 0 Å². The number of benzene rings is 2. The molecule has 0 aliphatic rings. The number of nitrogens with one attached hydrogen (secondary N) is 1. The fraction of sp³-hybridized carbons (Fsp3) is 0.0714. The maximum atomic E-state index is 9.52. The van der Waals surface area contributed by atoms with Crippen LogP contribution in [0.25, 0.3) is 22.4 Å². The topological polar surface area (TPSA) is 48.9 Å². The highest BCUT2D eigenvalue weighted by Crippen LogP contribution is 2.26. The fourth-order valence-electron chi connectivity index (χ4n) is 1.92. The SMILES string of the molecule is Cc1cc(-c2nc3ccc(Cl)cc3[nH]2)ccc1O. The number of aryl methyl sites for hydroxylation is 1. The highest BCUT2D eigenvalue weighted by molar-refractivity contribution is 6.31. The van der Waals surface area contributed by atoms with Crippen molar-refractivity contribution in [3.8, 4) is 17.1 Å². The zero-order chi connectivity index (χ0) is 12.7. The van der Waals surface area contributed by atoms with Crippen LogP contribution in [0.2, 0.25) is 5.02 Å². The first-order valence-electron chi connectivity index (χ1n) is 5.59. The predicted octanol–water partition coefficient (Wildman–Crippen LogP) is 3.90. The number of halogens is 1. The second-order valence-corrected chi connectivity index (χ2v) is 4.68. The van der Waals surface area contributed by atoms with Gasteiger partial charge in [0.15, 0.2) is 0 Å². The van der Waals surface area contributed by atoms with Crippen LogP contribution in [-0.2, 0) is 0 Å². The maximum Gasteiger partial charge on any atom is 0.138 e. The zero-order valence-corrected chi connectivity index (χ0v) is 10.5. The van der Waals surface area contributed by atoms with Crippen LogP contribution in [0.3, 0.4) is 0 Å². The molecular weight excluding hydrogens is 248 g/mol. The van der Waals surface area contributed by atoms with Gasteiger partial charge in [0.1, 0.15) is 11.6 Å². The first-order valence-corrected chi connectivity index (χ1v) is 5.96. The van der Waals surface area contributed by atoms with Crippen molar-refractivity contribution in [3.63, 3.8) is 0 Å². The maximum absolute atomic E-state index is 9.52. The third-order valence-electron chi connectivity index (χ3n) is 2.91. The molecule has 3 aromatic rings. The van der Waals surface area contributed by atoms with Gasteiger partial charge in [-0.2, -0.15) is 0 Å². The molecule has 0 spiro atoms. The van der Waals surface area contributed by atoms with E-state index < -0.39 is 0 Å². The monoisotopic (exact) mass is 258 g/mol. The lowest BCUT2D eigenvalue weighted by atomic mass is 10.1. The van der Waals surface area contributed by atoms with E-state index in [0.29, 0.717) is 5.02 Å². The van der Waals surface area contributed by atoms with E-state index in [1.165, 1.54) is 0 Å². The number of fused-ring (bicyclic) bond motifs is 1. The van der Waals surface area contributed by atoms with Crippen LogP contribution in [0.4, 0.5) is 0 Å². The van der Waals surface area contributed by atoms with E-state index in [4.69, 9.17) is 11.6 Å². The van der Waals surface area contributed by atoms with E-state index >= 15 is 0 Å². The van der Waals surface area contributed by atoms with Crippen LogP contribution < -0.4 is 0 Å². The average Bonchev–Trinajstić information content (AvgIpc) is 2.75. The van der Waals surface area contributed by atoms with Crippen LogP contribution >= 0.6 is 11.6 Å². The van der Waals surface area contributed by atoms with Crippen molar-refractivity contribution in [2.24, 2.45) is 0 Å². The van der Waals surface area contributed by atoms with E-state index in [1.807, 2.05) is 37.3 Å². The Labute approximate surface area is 109 Å². The summed E-state index contributed by atoms with van der Waals surface area (Å²) in [4.78, 5) is 7.72. The second kappa shape index (κ2) is 4.03. The normalized spacial score (nSPS) is 11.0. The summed E-state index contributed by atoms with van der Waals surface area (Å²) < 4.78 is 0. The molecule has 0 unspecified atom stereocenters. The molecule has 0 saturated heterocycles. The molecule has 0 aliphatic heterocycles. The van der Waals surface area contributed by atoms with Crippen LogP contribution in [0, 0.1) is 6.92 Å². The van der Waals surface area contributed by atoms with Gasteiger partial charge in [0.25, 0.3) is 0 Å². The Morgan fingerprint density at radius 2 is 2.00 bits per heavy atom. The Hall–Kier alpha value is -2.00. The van der Waals surface area contributed by atoms with Gasteiger partial charge in [-0.15, -0.1) is 0 Å². The molecule has 18 heavy (non-hydrogen) atoms. The lowest BCUT2D eigenvalue weighted by molar-refractivity contribution is 0.471. The molecule has 0 atom stereocenters. The third-order valence-corrected chi connectivity index (χ3v) is 3.15. The Morgan fingerprint density at radius 3 is 2.78 bits per heavy atom. The van der Waals surface area contributed by atoms with E-state index in [0.717, 1.165) is 28.0 Å². The van der Waals surface area contributed by atoms with Crippen LogP contribution in [0.1, 0.15) is 5.56 Å². The van der Waals surface area contributed by atoms with Gasteiger partial charge < -0.3 is 10.1 Å². The first kappa shape index (κ1) is 11.1. The molecule has 1 heterocycles. The largest absolute Gasteiger partial charge is 0.508 e. The van der Waals surface area contributed by atoms with Gasteiger partial charge in [-0.1, -0.05) is 11.6 Å². The summed E-state index contributed by atoms with van der Waals surface area (Å²) in [6.07, 6.45) is 0. The van der Waals surface area contributed by atoms with Crippen LogP contribution in [-0.4, -0.2) is 15.1 Å². The van der Waals surface area contributed by atoms with Gasteiger partial charge in [0, 0.05) is 10.6 Å². The number of aromatic amines is 1. The summed E-state index contributed by atoms with van der Waals surface area (Å²) in [6, 6.07) is 10.9. The molecule has 0 saturated carbocycles. The summed E-state index contributed by atoms with van der Waals surface area (Å²) in [6.45, 7) is 1.86. The summed E-state index contributed by atoms with van der Waals surface area (Å²) >= 11 is 5.94. The molecule has 3 nitrogen and oxygen atoms in total. The van der Waals surface area contributed by atoms with Crippen molar-refractivity contribution in [3.05, 3.63) is 47.0 Å². The fourth-order valence-corrected chi connectivity index (χ4v) is 2.09. The van der Waals surface area contributed by atoms with E-state index in [-0.39, 0.29) is 5.75 Å². The summed E-state index contributed by atoms with van der Waals surface area (Å²) in [5.41, 5.74) is 3.55. The van der Waals surface area contributed by atoms with Crippen LogP contribution in [0.15, 0.2) is 36.4 Å². The Bertz CT molecular complexity index is 734. The summed E-state index contributed by atoms with van der Waals surface area (Å²) in [5.74, 6) is 1.06. The molecule has 90 valence electrons.